The second-order valence-electron chi connectivity index (χ2n) is 8.02. The number of Topliss-reactive ketones (excluding diaryl/α,β-unsaturated/α-hetero) is 2. The normalized spacial score (nSPS) is 12.5. The van der Waals surface area contributed by atoms with E-state index in [-0.39, 0.29) is 47.7 Å². The molecule has 0 unspecified atom stereocenters. The van der Waals surface area contributed by atoms with E-state index in [2.05, 4.69) is 5.32 Å². The van der Waals surface area contributed by atoms with E-state index < -0.39 is 35.4 Å². The van der Waals surface area contributed by atoms with Gasteiger partial charge >= 0.3 is 6.18 Å². The van der Waals surface area contributed by atoms with Gasteiger partial charge in [0.15, 0.2) is 0 Å². The van der Waals surface area contributed by atoms with E-state index >= 15 is 0 Å². The van der Waals surface area contributed by atoms with Crippen LogP contribution in [-0.2, 0) is 11.8 Å². The molecule has 0 saturated carbocycles. The van der Waals surface area contributed by atoms with Crippen molar-refractivity contribution in [1.29, 1.82) is 0 Å². The Morgan fingerprint density at radius 1 is 1.15 bits per heavy atom. The number of hydrogen-bond donors (Lipinski definition) is 1. The first-order chi connectivity index (χ1) is 15.3. The molecule has 0 fully saturated rings. The van der Waals surface area contributed by atoms with Gasteiger partial charge in [0.25, 0.3) is 5.91 Å². The highest BCUT2D eigenvalue weighted by molar-refractivity contribution is 6.43. The van der Waals surface area contributed by atoms with Crippen LogP contribution in [0.1, 0.15) is 64.7 Å². The molecule has 0 radical (unpaired) electrons. The predicted octanol–water partition coefficient (Wildman–Crippen LogP) is 6.20. The Morgan fingerprint density at radius 2 is 1.79 bits per heavy atom. The van der Waals surface area contributed by atoms with E-state index in [1.54, 1.807) is 14.0 Å². The first-order valence-electron chi connectivity index (χ1n) is 10.3. The number of aromatic nitrogens is 1. The van der Waals surface area contributed by atoms with E-state index in [4.69, 9.17) is 11.6 Å². The Labute approximate surface area is 194 Å². The minimum absolute atomic E-state index is 0.0449. The molecule has 0 aliphatic heterocycles. The van der Waals surface area contributed by atoms with Gasteiger partial charge in [-0.1, -0.05) is 24.9 Å². The number of carbonyl (C=O) groups is 3. The molecular formula is C23H25ClF4N2O3. The molecule has 10 heteroatoms. The van der Waals surface area contributed by atoms with Crippen molar-refractivity contribution >= 4 is 34.8 Å². The Kier molecular flexibility index (Phi) is 8.46. The van der Waals surface area contributed by atoms with Crippen LogP contribution in [-0.4, -0.2) is 28.2 Å². The molecular weight excluding hydrogens is 464 g/mol. The number of unbranched alkanes of at least 4 members (excludes halogenated alkanes) is 1. The Bertz CT molecular complexity index is 1080. The van der Waals surface area contributed by atoms with Crippen molar-refractivity contribution in [3.63, 3.8) is 0 Å². The lowest BCUT2D eigenvalue weighted by molar-refractivity contribution is -0.171. The third-order valence-electron chi connectivity index (χ3n) is 5.65. The molecule has 0 saturated heterocycles. The average Bonchev–Trinajstić information content (AvgIpc) is 2.94. The predicted molar refractivity (Wildman–Crippen MR) is 117 cm³/mol. The second-order valence-corrected chi connectivity index (χ2v) is 8.42. The van der Waals surface area contributed by atoms with Crippen LogP contribution in [0.5, 0.6) is 0 Å². The summed E-state index contributed by atoms with van der Waals surface area (Å²) < 4.78 is 52.5. The highest BCUT2D eigenvalue weighted by atomic mass is 35.5. The van der Waals surface area contributed by atoms with Gasteiger partial charge in [0.05, 0.1) is 22.2 Å². The Hall–Kier alpha value is -2.68. The number of carbonyl (C=O) groups excluding carboxylic acids is 3. The van der Waals surface area contributed by atoms with Crippen LogP contribution < -0.4 is 5.32 Å². The quantitative estimate of drug-likeness (QED) is 0.198. The molecule has 1 aromatic heterocycles. The van der Waals surface area contributed by atoms with Crippen LogP contribution in [0.25, 0.3) is 0 Å². The van der Waals surface area contributed by atoms with Crippen molar-refractivity contribution in [1.82, 2.24) is 4.57 Å². The van der Waals surface area contributed by atoms with E-state index in [9.17, 15) is 31.9 Å². The fourth-order valence-electron chi connectivity index (χ4n) is 3.55. The first-order valence-corrected chi connectivity index (χ1v) is 10.7. The van der Waals surface area contributed by atoms with E-state index in [0.29, 0.717) is 11.3 Å². The number of rotatable bonds is 9. The minimum atomic E-state index is -4.28. The molecule has 0 spiro atoms. The summed E-state index contributed by atoms with van der Waals surface area (Å²) >= 11 is 5.73. The smallest absolute Gasteiger partial charge is 0.344 e. The summed E-state index contributed by atoms with van der Waals surface area (Å²) in [6.07, 6.45) is -4.26. The van der Waals surface area contributed by atoms with Gasteiger partial charge in [0.2, 0.25) is 11.6 Å². The number of nitrogens with zero attached hydrogens (tertiary/aromatic N) is 1. The van der Waals surface area contributed by atoms with Gasteiger partial charge in [0.1, 0.15) is 5.82 Å². The van der Waals surface area contributed by atoms with Gasteiger partial charge in [-0.05, 0) is 50.5 Å². The Morgan fingerprint density at radius 3 is 2.36 bits per heavy atom. The van der Waals surface area contributed by atoms with Crippen LogP contribution in [0.3, 0.4) is 0 Å². The summed E-state index contributed by atoms with van der Waals surface area (Å²) in [5, 5.41) is 2.42. The molecule has 0 aliphatic carbocycles. The summed E-state index contributed by atoms with van der Waals surface area (Å²) in [6.45, 7) is 4.22. The molecule has 1 aromatic carbocycles. The number of anilines is 1. The van der Waals surface area contributed by atoms with E-state index in [1.807, 2.05) is 0 Å². The molecule has 1 atom stereocenters. The van der Waals surface area contributed by atoms with E-state index in [1.165, 1.54) is 23.6 Å². The van der Waals surface area contributed by atoms with Gasteiger partial charge in [-0.25, -0.2) is 4.39 Å². The van der Waals surface area contributed by atoms with Crippen molar-refractivity contribution in [2.45, 2.75) is 52.6 Å². The van der Waals surface area contributed by atoms with Crippen molar-refractivity contribution in [3.8, 4) is 0 Å². The first kappa shape index (κ1) is 26.6. The van der Waals surface area contributed by atoms with Gasteiger partial charge in [-0.3, -0.25) is 14.4 Å². The zero-order chi connectivity index (χ0) is 25.1. The molecule has 5 nitrogen and oxygen atoms in total. The fourth-order valence-corrected chi connectivity index (χ4v) is 3.73. The fraction of sp³-hybridized carbons (Fsp3) is 0.435. The summed E-state index contributed by atoms with van der Waals surface area (Å²) in [6, 6.07) is 3.69. The topological polar surface area (TPSA) is 68.2 Å². The molecule has 1 N–H and O–H groups in total. The van der Waals surface area contributed by atoms with Gasteiger partial charge < -0.3 is 9.88 Å². The van der Waals surface area contributed by atoms with Crippen molar-refractivity contribution in [2.24, 2.45) is 13.0 Å². The summed E-state index contributed by atoms with van der Waals surface area (Å²) in [5.41, 5.74) is 1.22. The van der Waals surface area contributed by atoms with Crippen LogP contribution in [0.2, 0.25) is 5.02 Å². The summed E-state index contributed by atoms with van der Waals surface area (Å²) in [5.74, 6) is -4.20. The largest absolute Gasteiger partial charge is 0.391 e. The van der Waals surface area contributed by atoms with Crippen LogP contribution in [0.15, 0.2) is 18.2 Å². The summed E-state index contributed by atoms with van der Waals surface area (Å²) in [7, 11) is 1.54. The number of nitrogens with one attached hydrogen (secondary N) is 1. The molecule has 33 heavy (non-hydrogen) atoms. The highest BCUT2D eigenvalue weighted by Crippen LogP contribution is 2.30. The molecule has 2 rings (SSSR count). The highest BCUT2D eigenvalue weighted by Gasteiger charge is 2.35. The number of ketones is 2. The monoisotopic (exact) mass is 488 g/mol. The van der Waals surface area contributed by atoms with Crippen LogP contribution in [0, 0.1) is 25.6 Å². The lowest BCUT2D eigenvalue weighted by Gasteiger charge is -2.14. The van der Waals surface area contributed by atoms with Crippen LogP contribution in [0.4, 0.5) is 23.2 Å². The van der Waals surface area contributed by atoms with Crippen LogP contribution >= 0.6 is 11.6 Å². The Balaban J connectivity index is 2.12. The molecule has 1 heterocycles. The number of hydrogen-bond acceptors (Lipinski definition) is 3. The average molecular weight is 489 g/mol. The molecule has 0 aliphatic rings. The van der Waals surface area contributed by atoms with Gasteiger partial charge in [-0.15, -0.1) is 0 Å². The van der Waals surface area contributed by atoms with Crippen molar-refractivity contribution in [2.75, 3.05) is 5.32 Å². The third kappa shape index (κ3) is 6.22. The number of halogens is 5. The maximum Gasteiger partial charge on any atom is 0.391 e. The lowest BCUT2D eigenvalue weighted by atomic mass is 9.99. The lowest BCUT2D eigenvalue weighted by Crippen LogP contribution is -2.20. The zero-order valence-corrected chi connectivity index (χ0v) is 19.5. The maximum atomic E-state index is 13.3. The van der Waals surface area contributed by atoms with Gasteiger partial charge in [0, 0.05) is 24.8 Å². The zero-order valence-electron chi connectivity index (χ0n) is 18.7. The van der Waals surface area contributed by atoms with E-state index in [0.717, 1.165) is 13.0 Å². The molecule has 0 bridgehead atoms. The van der Waals surface area contributed by atoms with Crippen molar-refractivity contribution in [3.05, 3.63) is 51.6 Å². The maximum absolute atomic E-state index is 13.3. The number of benzene rings is 1. The summed E-state index contributed by atoms with van der Waals surface area (Å²) in [4.78, 5) is 38.0. The SMILES string of the molecule is Cc1c(C(=O)Nc2ccc(F)c(Cl)c2)c(C)n(C)c1C(=O)C(=O)CCCC[C@@H](C)C(F)(F)F. The molecule has 180 valence electrons. The minimum Gasteiger partial charge on any atom is -0.344 e. The number of amides is 1. The number of alkyl halides is 3. The van der Waals surface area contributed by atoms with Gasteiger partial charge in [-0.2, -0.15) is 13.2 Å². The third-order valence-corrected chi connectivity index (χ3v) is 5.94. The van der Waals surface area contributed by atoms with Crippen molar-refractivity contribution < 1.29 is 31.9 Å². The standard InChI is InChI=1S/C23H25ClF4N2O3/c1-12(23(26,27)28)7-5-6-8-18(31)21(32)20-13(2)19(14(3)30(20)4)22(33)29-15-9-10-17(25)16(24)11-15/h9-12H,5-8H2,1-4H3,(H,29,33)/t12-/m1/s1. The second kappa shape index (κ2) is 10.5. The molecule has 1 amide bonds. The molecule has 2 aromatic rings.